The molecule has 1 aliphatic carbocycles. The Morgan fingerprint density at radius 2 is 1.11 bits per heavy atom. The van der Waals surface area contributed by atoms with Crippen molar-refractivity contribution < 1.29 is 58.9 Å². The van der Waals surface area contributed by atoms with Crippen molar-refractivity contribution >= 4 is 23.6 Å². The average molecular weight is 618 g/mol. The Morgan fingerprint density at radius 3 is 1.45 bits per heavy atom. The molecule has 1 aliphatic rings. The van der Waals surface area contributed by atoms with Crippen LogP contribution in [0.4, 0.5) is 0 Å². The van der Waals surface area contributed by atoms with Gasteiger partial charge in [-0.2, -0.15) is 11.1 Å². The van der Waals surface area contributed by atoms with Crippen LogP contribution in [-0.4, -0.2) is 8.07 Å². The first kappa shape index (κ1) is 36.9. The minimum Gasteiger partial charge on any atom is -1.00 e. The smallest absolute Gasteiger partial charge is 1.00 e. The van der Waals surface area contributed by atoms with Crippen LogP contribution in [0.2, 0.25) is 5.04 Å². The number of benzene rings is 3. The van der Waals surface area contributed by atoms with E-state index in [2.05, 4.69) is 128 Å². The average Bonchev–Trinajstić information content (AvgIpc) is 3.02. The molecule has 1 unspecified atom stereocenters. The van der Waals surface area contributed by atoms with Gasteiger partial charge in [0.25, 0.3) is 0 Å². The molecular weight excluding hydrogens is 579 g/mol. The number of aryl methyl sites for hydroxylation is 4. The predicted octanol–water partition coefficient (Wildman–Crippen LogP) is -2.23. The summed E-state index contributed by atoms with van der Waals surface area (Å²) in [6.07, 6.45) is 6.19. The molecule has 0 saturated heterocycles. The normalized spacial score (nSPS) is 16.5. The van der Waals surface area contributed by atoms with Gasteiger partial charge in [0.1, 0.15) is 8.07 Å². The third kappa shape index (κ3) is 6.14. The summed E-state index contributed by atoms with van der Waals surface area (Å²) in [5, 5.41) is 4.28. The van der Waals surface area contributed by atoms with E-state index in [-0.39, 0.29) is 64.0 Å². The zero-order chi connectivity index (χ0) is 24.7. The first-order valence-corrected chi connectivity index (χ1v) is 14.7. The zero-order valence-electron chi connectivity index (χ0n) is 23.9. The maximum atomic E-state index is 4.08. The standard InChI is InChI=1S/C33H39Si.3ClH.Ti/c1-9-28-19-29(10-2)21-32(20-28)34(30-15-11-13-23(3)17-30,31-16-12-14-24(4)18-31)33(8)22-25(5)26(6)27(33)7;;;;/h11-21H,9-10H2,1-8H3;3*1H;/q-1;;;;+4/p-3. The van der Waals surface area contributed by atoms with E-state index in [0.29, 0.717) is 0 Å². The van der Waals surface area contributed by atoms with Crippen LogP contribution in [0.3, 0.4) is 0 Å². The van der Waals surface area contributed by atoms with Gasteiger partial charge in [-0.05, 0) is 53.4 Å². The monoisotopic (exact) mass is 616 g/mol. The maximum Gasteiger partial charge on any atom is 4.00 e. The molecule has 4 rings (SSSR count). The molecule has 0 N–H and O–H groups in total. The molecule has 0 heterocycles. The molecule has 3 aromatic rings. The van der Waals surface area contributed by atoms with Gasteiger partial charge in [0, 0.05) is 0 Å². The van der Waals surface area contributed by atoms with Crippen LogP contribution in [-0.2, 0) is 34.6 Å². The Hall–Kier alpha value is -1.06. The van der Waals surface area contributed by atoms with Crippen LogP contribution in [0.5, 0.6) is 0 Å². The summed E-state index contributed by atoms with van der Waals surface area (Å²) < 4.78 is 0. The summed E-state index contributed by atoms with van der Waals surface area (Å²) in [7, 11) is -2.61. The fourth-order valence-corrected chi connectivity index (χ4v) is 12.3. The zero-order valence-corrected chi connectivity index (χ0v) is 28.7. The second-order valence-corrected chi connectivity index (χ2v) is 14.6. The third-order valence-corrected chi connectivity index (χ3v) is 13.8. The van der Waals surface area contributed by atoms with Crippen molar-refractivity contribution in [1.82, 2.24) is 0 Å². The van der Waals surface area contributed by atoms with Crippen molar-refractivity contribution in [3.8, 4) is 0 Å². The van der Waals surface area contributed by atoms with Gasteiger partial charge in [0.2, 0.25) is 0 Å². The quantitative estimate of drug-likeness (QED) is 0.167. The largest absolute Gasteiger partial charge is 4.00 e. The van der Waals surface area contributed by atoms with Crippen LogP contribution < -0.4 is 52.8 Å². The SMILES string of the molecule is CCc1cc(CC)cc([Si](c2cccc(C)c2)(c2cccc(C)c2)C2(C)[C-]=C(C)C(C)=C2C)c1.[Cl-].[Cl-].[Cl-].[Ti+4]. The minimum absolute atomic E-state index is 0. The van der Waals surface area contributed by atoms with Gasteiger partial charge >= 0.3 is 21.7 Å². The van der Waals surface area contributed by atoms with Crippen molar-refractivity contribution in [2.24, 2.45) is 0 Å². The fourth-order valence-electron chi connectivity index (χ4n) is 6.10. The Morgan fingerprint density at radius 1 is 0.658 bits per heavy atom. The molecule has 3 aromatic carbocycles. The van der Waals surface area contributed by atoms with Gasteiger partial charge in [0.15, 0.2) is 0 Å². The van der Waals surface area contributed by atoms with E-state index in [9.17, 15) is 0 Å². The molecule has 0 spiro atoms. The molecule has 5 heteroatoms. The summed E-state index contributed by atoms with van der Waals surface area (Å²) in [4.78, 5) is 0. The van der Waals surface area contributed by atoms with Crippen molar-refractivity contribution in [3.63, 3.8) is 0 Å². The second-order valence-electron chi connectivity index (χ2n) is 10.4. The first-order valence-electron chi connectivity index (χ1n) is 12.7. The van der Waals surface area contributed by atoms with Gasteiger partial charge in [0.05, 0.1) is 0 Å². The Balaban J connectivity index is 0.00000342. The summed E-state index contributed by atoms with van der Waals surface area (Å²) in [5.74, 6) is 0. The molecule has 0 nitrogen and oxygen atoms in total. The topological polar surface area (TPSA) is 0 Å². The summed E-state index contributed by atoms with van der Waals surface area (Å²) >= 11 is 0. The summed E-state index contributed by atoms with van der Waals surface area (Å²) in [5.41, 5.74) is 9.70. The van der Waals surface area contributed by atoms with Crippen LogP contribution in [0.1, 0.15) is 63.8 Å². The van der Waals surface area contributed by atoms with Crippen LogP contribution in [0.25, 0.3) is 0 Å². The van der Waals surface area contributed by atoms with Crippen molar-refractivity contribution in [3.05, 3.63) is 112 Å². The number of hydrogen-bond donors (Lipinski definition) is 0. The first-order chi connectivity index (χ1) is 16.2. The van der Waals surface area contributed by atoms with E-state index in [1.165, 1.54) is 54.5 Å². The summed E-state index contributed by atoms with van der Waals surface area (Å²) in [6.45, 7) is 18.4. The molecule has 0 aliphatic heterocycles. The molecule has 0 aromatic heterocycles. The molecule has 0 fully saturated rings. The van der Waals surface area contributed by atoms with Gasteiger partial charge in [-0.3, -0.25) is 6.08 Å². The van der Waals surface area contributed by atoms with E-state index in [4.69, 9.17) is 0 Å². The number of allylic oxidation sites excluding steroid dienone is 4. The van der Waals surface area contributed by atoms with Crippen LogP contribution >= 0.6 is 0 Å². The number of hydrogen-bond acceptors (Lipinski definition) is 0. The molecule has 1 atom stereocenters. The third-order valence-electron chi connectivity index (χ3n) is 8.27. The molecule has 0 bridgehead atoms. The molecule has 0 amide bonds. The second kappa shape index (κ2) is 14.5. The van der Waals surface area contributed by atoms with E-state index < -0.39 is 8.07 Å². The van der Waals surface area contributed by atoms with Crippen molar-refractivity contribution in [2.45, 2.75) is 73.3 Å². The molecule has 38 heavy (non-hydrogen) atoms. The van der Waals surface area contributed by atoms with Gasteiger partial charge in [-0.15, -0.1) is 6.92 Å². The Bertz CT molecular complexity index is 1240. The number of halogens is 3. The van der Waals surface area contributed by atoms with Crippen LogP contribution in [0, 0.1) is 19.9 Å². The Kier molecular flexibility index (Phi) is 14.1. The minimum atomic E-state index is -2.61. The Labute approximate surface area is 265 Å². The fraction of sp³-hybridized carbons (Fsp3) is 0.333. The van der Waals surface area contributed by atoms with Gasteiger partial charge < -0.3 is 37.2 Å². The van der Waals surface area contributed by atoms with E-state index in [0.717, 1.165) is 12.8 Å². The van der Waals surface area contributed by atoms with Crippen molar-refractivity contribution in [2.75, 3.05) is 0 Å². The van der Waals surface area contributed by atoms with Gasteiger partial charge in [-0.1, -0.05) is 118 Å². The van der Waals surface area contributed by atoms with E-state index in [1.54, 1.807) is 0 Å². The maximum absolute atomic E-state index is 4.08. The van der Waals surface area contributed by atoms with Crippen LogP contribution in [0.15, 0.2) is 83.4 Å². The number of rotatable bonds is 6. The molecular formula is C33H39Cl3SiTi. The van der Waals surface area contributed by atoms with E-state index in [1.807, 2.05) is 0 Å². The van der Waals surface area contributed by atoms with Gasteiger partial charge in [-0.25, -0.2) is 5.57 Å². The van der Waals surface area contributed by atoms with E-state index >= 15 is 0 Å². The molecule has 200 valence electrons. The molecule has 0 radical (unpaired) electrons. The molecule has 0 saturated carbocycles. The predicted molar refractivity (Wildman–Crippen MR) is 151 cm³/mol. The van der Waals surface area contributed by atoms with Crippen molar-refractivity contribution in [1.29, 1.82) is 0 Å². The summed E-state index contributed by atoms with van der Waals surface area (Å²) in [6, 6.07) is 26.2.